The summed E-state index contributed by atoms with van der Waals surface area (Å²) in [6.45, 7) is 2.53. The third-order valence-corrected chi connectivity index (χ3v) is 5.33. The minimum absolute atomic E-state index is 0.515. The molecular weight excluding hydrogens is 328 g/mol. The van der Waals surface area contributed by atoms with E-state index in [4.69, 9.17) is 4.74 Å². The molecule has 0 aliphatic rings. The molecule has 0 bridgehead atoms. The second-order valence-electron chi connectivity index (χ2n) is 6.32. The highest BCUT2D eigenvalue weighted by Crippen LogP contribution is 2.30. The second-order valence-corrected chi connectivity index (χ2v) is 7.18. The average molecular weight is 352 g/mol. The Kier molecular flexibility index (Phi) is 5.67. The van der Waals surface area contributed by atoms with Gasteiger partial charge in [-0.15, -0.1) is 0 Å². The smallest absolute Gasteiger partial charge is 0.120 e. The SMILES string of the molecule is CCC(O)(CSC)c1cccc(OCc2ccc3ccccc3c2)c1. The normalized spacial score (nSPS) is 13.6. The number of ether oxygens (including phenoxy) is 1. The minimum Gasteiger partial charge on any atom is -0.489 e. The lowest BCUT2D eigenvalue weighted by atomic mass is 9.93. The summed E-state index contributed by atoms with van der Waals surface area (Å²) >= 11 is 1.65. The van der Waals surface area contributed by atoms with Gasteiger partial charge in [0.2, 0.25) is 0 Å². The lowest BCUT2D eigenvalue weighted by molar-refractivity contribution is 0.0581. The Labute approximate surface area is 153 Å². The molecule has 0 heterocycles. The van der Waals surface area contributed by atoms with Crippen LogP contribution in [-0.4, -0.2) is 17.1 Å². The van der Waals surface area contributed by atoms with Gasteiger partial charge in [-0.1, -0.05) is 55.5 Å². The third kappa shape index (κ3) is 4.17. The van der Waals surface area contributed by atoms with E-state index < -0.39 is 5.60 Å². The second kappa shape index (κ2) is 7.94. The van der Waals surface area contributed by atoms with Crippen LogP contribution in [0.3, 0.4) is 0 Å². The maximum absolute atomic E-state index is 10.8. The highest BCUT2D eigenvalue weighted by Gasteiger charge is 2.26. The lowest BCUT2D eigenvalue weighted by Gasteiger charge is -2.27. The van der Waals surface area contributed by atoms with Gasteiger partial charge in [-0.3, -0.25) is 0 Å². The predicted octanol–water partition coefficient (Wildman–Crippen LogP) is 5.38. The molecule has 1 unspecified atom stereocenters. The quantitative estimate of drug-likeness (QED) is 0.619. The number of rotatable bonds is 7. The largest absolute Gasteiger partial charge is 0.489 e. The van der Waals surface area contributed by atoms with Crippen LogP contribution in [0.5, 0.6) is 5.75 Å². The molecule has 3 rings (SSSR count). The van der Waals surface area contributed by atoms with E-state index in [0.29, 0.717) is 18.8 Å². The van der Waals surface area contributed by atoms with E-state index in [1.54, 1.807) is 11.8 Å². The molecule has 25 heavy (non-hydrogen) atoms. The van der Waals surface area contributed by atoms with E-state index in [1.807, 2.05) is 49.6 Å². The van der Waals surface area contributed by atoms with E-state index in [2.05, 4.69) is 30.3 Å². The van der Waals surface area contributed by atoms with Gasteiger partial charge >= 0.3 is 0 Å². The fraction of sp³-hybridized carbons (Fsp3) is 0.273. The molecule has 3 aromatic carbocycles. The number of thioether (sulfide) groups is 1. The van der Waals surface area contributed by atoms with Crippen LogP contribution in [0.25, 0.3) is 10.8 Å². The van der Waals surface area contributed by atoms with Crippen molar-refractivity contribution in [1.82, 2.24) is 0 Å². The minimum atomic E-state index is -0.804. The molecule has 0 aliphatic carbocycles. The Morgan fingerprint density at radius 2 is 1.76 bits per heavy atom. The molecule has 130 valence electrons. The van der Waals surface area contributed by atoms with Gasteiger partial charge in [0.15, 0.2) is 0 Å². The Morgan fingerprint density at radius 3 is 2.52 bits per heavy atom. The summed E-state index contributed by atoms with van der Waals surface area (Å²) in [5, 5.41) is 13.3. The van der Waals surface area contributed by atoms with E-state index in [-0.39, 0.29) is 0 Å². The first-order valence-electron chi connectivity index (χ1n) is 8.57. The van der Waals surface area contributed by atoms with Crippen molar-refractivity contribution in [2.45, 2.75) is 25.6 Å². The number of hydrogen-bond donors (Lipinski definition) is 1. The zero-order chi connectivity index (χ0) is 17.7. The zero-order valence-electron chi connectivity index (χ0n) is 14.7. The van der Waals surface area contributed by atoms with E-state index in [1.165, 1.54) is 10.8 Å². The molecule has 1 atom stereocenters. The number of hydrogen-bond acceptors (Lipinski definition) is 3. The fourth-order valence-electron chi connectivity index (χ4n) is 3.00. The zero-order valence-corrected chi connectivity index (χ0v) is 15.6. The topological polar surface area (TPSA) is 29.5 Å². The molecule has 0 saturated heterocycles. The van der Waals surface area contributed by atoms with Crippen LogP contribution in [0.1, 0.15) is 24.5 Å². The van der Waals surface area contributed by atoms with E-state index in [0.717, 1.165) is 16.9 Å². The van der Waals surface area contributed by atoms with E-state index >= 15 is 0 Å². The Hall–Kier alpha value is -1.97. The summed E-state index contributed by atoms with van der Waals surface area (Å²) in [5.74, 6) is 1.47. The predicted molar refractivity (Wildman–Crippen MR) is 107 cm³/mol. The van der Waals surface area contributed by atoms with Gasteiger partial charge in [-0.2, -0.15) is 11.8 Å². The first-order chi connectivity index (χ1) is 12.1. The molecule has 0 spiro atoms. The van der Waals surface area contributed by atoms with Gasteiger partial charge < -0.3 is 9.84 Å². The van der Waals surface area contributed by atoms with Crippen LogP contribution in [0.4, 0.5) is 0 Å². The third-order valence-electron chi connectivity index (χ3n) is 4.56. The highest BCUT2D eigenvalue weighted by atomic mass is 32.2. The van der Waals surface area contributed by atoms with Gasteiger partial charge in [0.05, 0.1) is 5.60 Å². The van der Waals surface area contributed by atoms with Gasteiger partial charge in [-0.25, -0.2) is 0 Å². The molecular formula is C22H24O2S. The van der Waals surface area contributed by atoms with Crippen molar-refractivity contribution in [1.29, 1.82) is 0 Å². The number of aliphatic hydroxyl groups is 1. The summed E-state index contributed by atoms with van der Waals surface area (Å²) in [6.07, 6.45) is 2.70. The standard InChI is InChI=1S/C22H24O2S/c1-3-22(23,16-25-2)20-9-6-10-21(14-20)24-15-17-11-12-18-7-4-5-8-19(18)13-17/h4-14,23H,3,15-16H2,1-2H3. The lowest BCUT2D eigenvalue weighted by Crippen LogP contribution is -2.27. The molecule has 3 heteroatoms. The van der Waals surface area contributed by atoms with Crippen LogP contribution < -0.4 is 4.74 Å². The Balaban J connectivity index is 1.75. The van der Waals surface area contributed by atoms with Crippen molar-refractivity contribution in [2.75, 3.05) is 12.0 Å². The monoisotopic (exact) mass is 352 g/mol. The highest BCUT2D eigenvalue weighted by molar-refractivity contribution is 7.98. The van der Waals surface area contributed by atoms with Crippen LogP contribution in [0.2, 0.25) is 0 Å². The first-order valence-corrected chi connectivity index (χ1v) is 9.96. The van der Waals surface area contributed by atoms with Crippen molar-refractivity contribution < 1.29 is 9.84 Å². The fourth-order valence-corrected chi connectivity index (χ4v) is 3.85. The van der Waals surface area contributed by atoms with Gasteiger partial charge in [-0.05, 0) is 52.8 Å². The number of benzene rings is 3. The summed E-state index contributed by atoms with van der Waals surface area (Å²) in [5.41, 5.74) is 1.25. The van der Waals surface area contributed by atoms with Crippen molar-refractivity contribution in [3.05, 3.63) is 77.9 Å². The maximum atomic E-state index is 10.8. The van der Waals surface area contributed by atoms with Gasteiger partial charge in [0.1, 0.15) is 12.4 Å². The molecule has 0 aromatic heterocycles. The van der Waals surface area contributed by atoms with Crippen molar-refractivity contribution in [3.8, 4) is 5.75 Å². The molecule has 0 radical (unpaired) electrons. The van der Waals surface area contributed by atoms with Crippen LogP contribution >= 0.6 is 11.8 Å². The molecule has 0 saturated carbocycles. The Bertz CT molecular complexity index is 846. The molecule has 0 fully saturated rings. The number of fused-ring (bicyclic) bond motifs is 1. The summed E-state index contributed by atoms with van der Waals surface area (Å²) in [7, 11) is 0. The molecule has 1 N–H and O–H groups in total. The van der Waals surface area contributed by atoms with Crippen LogP contribution in [-0.2, 0) is 12.2 Å². The summed E-state index contributed by atoms with van der Waals surface area (Å²) in [6, 6.07) is 22.5. The van der Waals surface area contributed by atoms with Crippen molar-refractivity contribution in [2.24, 2.45) is 0 Å². The maximum Gasteiger partial charge on any atom is 0.120 e. The average Bonchev–Trinajstić information content (AvgIpc) is 2.66. The van der Waals surface area contributed by atoms with Crippen molar-refractivity contribution >= 4 is 22.5 Å². The summed E-state index contributed by atoms with van der Waals surface area (Å²) in [4.78, 5) is 0. The van der Waals surface area contributed by atoms with Gasteiger partial charge in [0.25, 0.3) is 0 Å². The van der Waals surface area contributed by atoms with Crippen molar-refractivity contribution in [3.63, 3.8) is 0 Å². The summed E-state index contributed by atoms with van der Waals surface area (Å²) < 4.78 is 5.98. The molecule has 3 aromatic rings. The first kappa shape index (κ1) is 17.8. The molecule has 2 nitrogen and oxygen atoms in total. The molecule has 0 amide bonds. The Morgan fingerprint density at radius 1 is 0.960 bits per heavy atom. The van der Waals surface area contributed by atoms with Gasteiger partial charge in [0, 0.05) is 5.75 Å². The molecule has 0 aliphatic heterocycles. The van der Waals surface area contributed by atoms with Crippen LogP contribution in [0.15, 0.2) is 66.7 Å². The van der Waals surface area contributed by atoms with E-state index in [9.17, 15) is 5.11 Å². The van der Waals surface area contributed by atoms with Crippen LogP contribution in [0, 0.1) is 0 Å².